The van der Waals surface area contributed by atoms with Crippen LogP contribution in [0.1, 0.15) is 11.1 Å². The molecule has 19 heavy (non-hydrogen) atoms. The number of terminal acetylenes is 2. The molecule has 0 amide bonds. The SMILES string of the molecule is C#Cc1ccc([O][Zr][O]c2ccc(C#C)cc2)cc1. The number of hydrogen-bond donors (Lipinski definition) is 0. The second-order valence-corrected chi connectivity index (χ2v) is 5.04. The summed E-state index contributed by atoms with van der Waals surface area (Å²) in [6.45, 7) is 0. The average Bonchev–Trinajstić information content (AvgIpc) is 2.49. The summed E-state index contributed by atoms with van der Waals surface area (Å²) in [6, 6.07) is 14.8. The Bertz CT molecular complexity index is 558. The molecule has 0 spiro atoms. The molecule has 2 aromatic carbocycles. The van der Waals surface area contributed by atoms with Crippen molar-refractivity contribution in [2.75, 3.05) is 0 Å². The Morgan fingerprint density at radius 3 is 1.37 bits per heavy atom. The molecule has 0 aliphatic carbocycles. The molecule has 0 saturated carbocycles. The van der Waals surface area contributed by atoms with Gasteiger partial charge in [-0.2, -0.15) is 0 Å². The number of benzene rings is 2. The standard InChI is InChI=1S/2C8H6O.Zr/c2*1-2-7-3-5-8(9)6-4-7;/h2*1,3-6,9H;/q;;+2/p-2. The van der Waals surface area contributed by atoms with Crippen LogP contribution in [0.2, 0.25) is 0 Å². The van der Waals surface area contributed by atoms with Gasteiger partial charge in [-0.25, -0.2) is 0 Å². The van der Waals surface area contributed by atoms with Gasteiger partial charge in [0.1, 0.15) is 0 Å². The maximum atomic E-state index is 5.60. The third kappa shape index (κ3) is 4.02. The van der Waals surface area contributed by atoms with E-state index in [0.29, 0.717) is 0 Å². The fraction of sp³-hybridized carbons (Fsp3) is 0. The van der Waals surface area contributed by atoms with Crippen molar-refractivity contribution in [1.29, 1.82) is 0 Å². The third-order valence-corrected chi connectivity index (χ3v) is 3.93. The first-order valence-electron chi connectivity index (χ1n) is 5.54. The van der Waals surface area contributed by atoms with Gasteiger partial charge in [-0.05, 0) is 0 Å². The summed E-state index contributed by atoms with van der Waals surface area (Å²) >= 11 is -1.41. The normalized spacial score (nSPS) is 8.95. The first kappa shape index (κ1) is 13.5. The molecule has 0 aliphatic heterocycles. The van der Waals surface area contributed by atoms with Crippen LogP contribution in [0.25, 0.3) is 0 Å². The predicted octanol–water partition coefficient (Wildman–Crippen LogP) is 3.02. The first-order chi connectivity index (χ1) is 9.31. The summed E-state index contributed by atoms with van der Waals surface area (Å²) in [4.78, 5) is 0. The van der Waals surface area contributed by atoms with Crippen molar-refractivity contribution in [3.8, 4) is 36.2 Å². The van der Waals surface area contributed by atoms with Gasteiger partial charge < -0.3 is 0 Å². The van der Waals surface area contributed by atoms with E-state index < -0.39 is 24.1 Å². The number of hydrogen-bond acceptors (Lipinski definition) is 2. The molecule has 0 aliphatic rings. The summed E-state index contributed by atoms with van der Waals surface area (Å²) in [5.41, 5.74) is 1.67. The molecule has 0 heterocycles. The molecule has 0 bridgehead atoms. The van der Waals surface area contributed by atoms with E-state index in [1.807, 2.05) is 48.5 Å². The Balaban J connectivity index is 1.85. The van der Waals surface area contributed by atoms with E-state index in [4.69, 9.17) is 18.5 Å². The molecule has 2 aromatic rings. The summed E-state index contributed by atoms with van der Waals surface area (Å²) in [6.07, 6.45) is 10.6. The summed E-state index contributed by atoms with van der Waals surface area (Å²) < 4.78 is 11.2. The van der Waals surface area contributed by atoms with E-state index in [1.165, 1.54) is 0 Å². The average molecular weight is 325 g/mol. The number of rotatable bonds is 4. The van der Waals surface area contributed by atoms with Gasteiger partial charge in [-0.15, -0.1) is 0 Å². The molecule has 0 unspecified atom stereocenters. The van der Waals surface area contributed by atoms with Gasteiger partial charge in [0, 0.05) is 0 Å². The molecule has 0 saturated heterocycles. The molecule has 2 rings (SSSR count). The zero-order chi connectivity index (χ0) is 13.5. The summed E-state index contributed by atoms with van der Waals surface area (Å²) in [5, 5.41) is 0. The van der Waals surface area contributed by atoms with Gasteiger partial charge in [0.2, 0.25) is 0 Å². The molecule has 3 heteroatoms. The second kappa shape index (κ2) is 6.84. The fourth-order valence-corrected chi connectivity index (χ4v) is 2.60. The molecule has 0 aromatic heterocycles. The van der Waals surface area contributed by atoms with Crippen molar-refractivity contribution in [3.05, 3.63) is 59.7 Å². The van der Waals surface area contributed by atoms with Gasteiger partial charge in [0.05, 0.1) is 0 Å². The van der Waals surface area contributed by atoms with Crippen LogP contribution in [0.4, 0.5) is 0 Å². The molecule has 0 radical (unpaired) electrons. The third-order valence-electron chi connectivity index (χ3n) is 2.36. The fourth-order valence-electron chi connectivity index (χ4n) is 1.36. The van der Waals surface area contributed by atoms with E-state index in [-0.39, 0.29) is 0 Å². The van der Waals surface area contributed by atoms with Crippen LogP contribution < -0.4 is 5.63 Å². The van der Waals surface area contributed by atoms with Crippen molar-refractivity contribution < 1.29 is 29.7 Å². The predicted molar refractivity (Wildman–Crippen MR) is 70.0 cm³/mol. The van der Waals surface area contributed by atoms with Crippen LogP contribution in [0.5, 0.6) is 11.5 Å². The van der Waals surface area contributed by atoms with Gasteiger partial charge in [0.25, 0.3) is 0 Å². The van der Waals surface area contributed by atoms with E-state index in [9.17, 15) is 0 Å². The Morgan fingerprint density at radius 2 is 1.05 bits per heavy atom. The van der Waals surface area contributed by atoms with Crippen molar-refractivity contribution in [2.24, 2.45) is 0 Å². The van der Waals surface area contributed by atoms with Gasteiger partial charge >= 0.3 is 126 Å². The van der Waals surface area contributed by atoms with E-state index in [1.54, 1.807) is 0 Å². The van der Waals surface area contributed by atoms with Crippen LogP contribution >= 0.6 is 0 Å². The summed E-state index contributed by atoms with van der Waals surface area (Å²) in [5.74, 6) is 6.68. The van der Waals surface area contributed by atoms with Crippen molar-refractivity contribution >= 4 is 0 Å². The monoisotopic (exact) mass is 324 g/mol. The van der Waals surface area contributed by atoms with E-state index in [0.717, 1.165) is 22.6 Å². The topological polar surface area (TPSA) is 18.5 Å². The van der Waals surface area contributed by atoms with Crippen LogP contribution in [-0.4, -0.2) is 0 Å². The van der Waals surface area contributed by atoms with Gasteiger partial charge in [-0.1, -0.05) is 0 Å². The van der Waals surface area contributed by atoms with Crippen molar-refractivity contribution in [3.63, 3.8) is 0 Å². The molecular weight excluding hydrogens is 315 g/mol. The molecule has 0 fully saturated rings. The minimum absolute atomic E-state index is 0.783. The molecule has 2 nitrogen and oxygen atoms in total. The Labute approximate surface area is 125 Å². The van der Waals surface area contributed by atoms with Gasteiger partial charge in [0.15, 0.2) is 0 Å². The van der Waals surface area contributed by atoms with Crippen LogP contribution in [0, 0.1) is 24.7 Å². The molecular formula is C16H10O2Zr. The molecule has 0 atom stereocenters. The van der Waals surface area contributed by atoms with E-state index >= 15 is 0 Å². The molecule has 0 N–H and O–H groups in total. The quantitative estimate of drug-likeness (QED) is 0.805. The van der Waals surface area contributed by atoms with Gasteiger partial charge in [-0.3, -0.25) is 0 Å². The van der Waals surface area contributed by atoms with Crippen LogP contribution in [0.3, 0.4) is 0 Å². The zero-order valence-corrected chi connectivity index (χ0v) is 12.5. The Hall–Kier alpha value is -1.96. The Kier molecular flexibility index (Phi) is 4.85. The van der Waals surface area contributed by atoms with Crippen molar-refractivity contribution in [1.82, 2.24) is 0 Å². The van der Waals surface area contributed by atoms with E-state index in [2.05, 4.69) is 11.8 Å². The first-order valence-corrected chi connectivity index (χ1v) is 7.54. The minimum atomic E-state index is -1.41. The van der Waals surface area contributed by atoms with Crippen LogP contribution in [0.15, 0.2) is 48.5 Å². The zero-order valence-electron chi connectivity index (χ0n) is 10.1. The van der Waals surface area contributed by atoms with Crippen molar-refractivity contribution in [2.45, 2.75) is 0 Å². The summed E-state index contributed by atoms with van der Waals surface area (Å²) in [7, 11) is 0. The molecule has 90 valence electrons. The maximum absolute atomic E-state index is 5.60. The Morgan fingerprint density at radius 1 is 0.684 bits per heavy atom. The van der Waals surface area contributed by atoms with Crippen LogP contribution in [-0.2, 0) is 24.1 Å². The second-order valence-electron chi connectivity index (χ2n) is 3.62.